The molecule has 0 spiro atoms. The molecule has 0 unspecified atom stereocenters. The number of hydrogen-bond acceptors (Lipinski definition) is 5. The first-order valence-electron chi connectivity index (χ1n) is 13.0. The third-order valence-corrected chi connectivity index (χ3v) is 6.86. The van der Waals surface area contributed by atoms with Crippen LogP contribution in [0.3, 0.4) is 0 Å². The largest absolute Gasteiger partial charge is 0.493 e. The number of halogens is 2. The quantitative estimate of drug-likeness (QED) is 0.152. The van der Waals surface area contributed by atoms with Gasteiger partial charge >= 0.3 is 5.97 Å². The van der Waals surface area contributed by atoms with Crippen LogP contribution >= 0.6 is 0 Å². The minimum atomic E-state index is -1.90. The number of ether oxygens (including phenoxy) is 2. The van der Waals surface area contributed by atoms with Crippen LogP contribution in [0.25, 0.3) is 38.9 Å². The number of nitrogens with one attached hydrogen (secondary N) is 1. The van der Waals surface area contributed by atoms with Crippen LogP contribution in [0.2, 0.25) is 0 Å². The molecule has 40 heavy (non-hydrogen) atoms. The van der Waals surface area contributed by atoms with Crippen molar-refractivity contribution in [2.24, 2.45) is 7.05 Å². The second-order valence-electron chi connectivity index (χ2n) is 9.28. The standard InChI is InChI=1S/C31H29F2N3O4/c1-3-39-31(38)30-22(14-8-16-40-26-15-6-10-19-9-4-5-11-20(19)26)21-12-7-13-23(29(21)34-30)28-24(17-27(32)33)35-36(2)25(28)18-37/h4-7,9-13,15,17,34,37H,3,8,14,16,18H2,1-2H3. The number of para-hydroxylation sites is 1. The van der Waals surface area contributed by atoms with E-state index in [-0.39, 0.29) is 12.3 Å². The van der Waals surface area contributed by atoms with E-state index >= 15 is 0 Å². The number of aryl methyl sites for hydroxylation is 2. The molecule has 0 aliphatic carbocycles. The number of rotatable bonds is 10. The number of nitrogens with zero attached hydrogens (tertiary/aromatic N) is 2. The molecule has 7 nitrogen and oxygen atoms in total. The number of carbonyl (C=O) groups is 1. The summed E-state index contributed by atoms with van der Waals surface area (Å²) >= 11 is 0. The normalized spacial score (nSPS) is 11.2. The van der Waals surface area contributed by atoms with Gasteiger partial charge in [-0.2, -0.15) is 13.9 Å². The van der Waals surface area contributed by atoms with Crippen LogP contribution in [0.5, 0.6) is 5.75 Å². The fourth-order valence-electron chi connectivity index (χ4n) is 5.13. The molecule has 0 saturated heterocycles. The number of carbonyl (C=O) groups excluding carboxylic acids is 1. The number of aliphatic hydroxyl groups excluding tert-OH is 1. The molecule has 5 aromatic rings. The highest BCUT2D eigenvalue weighted by Gasteiger charge is 2.24. The van der Waals surface area contributed by atoms with Gasteiger partial charge in [0.05, 0.1) is 36.7 Å². The van der Waals surface area contributed by atoms with E-state index in [9.17, 15) is 18.7 Å². The number of hydrogen-bond donors (Lipinski definition) is 2. The smallest absolute Gasteiger partial charge is 0.355 e. The van der Waals surface area contributed by atoms with Gasteiger partial charge in [0, 0.05) is 35.0 Å². The lowest BCUT2D eigenvalue weighted by molar-refractivity contribution is 0.0519. The molecule has 0 radical (unpaired) electrons. The van der Waals surface area contributed by atoms with Crippen molar-refractivity contribution in [2.45, 2.75) is 26.4 Å². The number of fused-ring (bicyclic) bond motifs is 2. The molecule has 9 heteroatoms. The Kier molecular flexibility index (Phi) is 7.93. The first kappa shape index (κ1) is 27.1. The molecule has 2 N–H and O–H groups in total. The molecule has 0 aliphatic rings. The third-order valence-electron chi connectivity index (χ3n) is 6.86. The Bertz CT molecular complexity index is 1710. The Hall–Kier alpha value is -4.50. The lowest BCUT2D eigenvalue weighted by Gasteiger charge is -2.10. The summed E-state index contributed by atoms with van der Waals surface area (Å²) in [7, 11) is 1.59. The number of benzene rings is 3. The SMILES string of the molecule is CCOC(=O)c1[nH]c2c(-c3c(C=C(F)F)nn(C)c3CO)cccc2c1CCCOc1cccc2ccccc12. The molecule has 5 rings (SSSR count). The summed E-state index contributed by atoms with van der Waals surface area (Å²) in [6.45, 7) is 1.95. The molecule has 2 heterocycles. The van der Waals surface area contributed by atoms with Crippen molar-refractivity contribution in [3.8, 4) is 16.9 Å². The fraction of sp³-hybridized carbons (Fsp3) is 0.226. The van der Waals surface area contributed by atoms with Gasteiger partial charge in [-0.15, -0.1) is 0 Å². The van der Waals surface area contributed by atoms with Crippen molar-refractivity contribution in [3.63, 3.8) is 0 Å². The van der Waals surface area contributed by atoms with Gasteiger partial charge in [-0.1, -0.05) is 54.6 Å². The van der Waals surface area contributed by atoms with E-state index in [2.05, 4.69) is 10.1 Å². The number of H-pyrrole nitrogens is 1. The van der Waals surface area contributed by atoms with E-state index in [1.165, 1.54) is 4.68 Å². The van der Waals surface area contributed by atoms with E-state index in [1.807, 2.05) is 48.5 Å². The van der Waals surface area contributed by atoms with Crippen molar-refractivity contribution in [1.82, 2.24) is 14.8 Å². The van der Waals surface area contributed by atoms with Gasteiger partial charge in [0.1, 0.15) is 11.4 Å². The fourth-order valence-corrected chi connectivity index (χ4v) is 5.13. The van der Waals surface area contributed by atoms with E-state index in [0.29, 0.717) is 53.6 Å². The zero-order valence-corrected chi connectivity index (χ0v) is 22.2. The van der Waals surface area contributed by atoms with Crippen molar-refractivity contribution < 1.29 is 28.2 Å². The van der Waals surface area contributed by atoms with Crippen LogP contribution in [-0.4, -0.2) is 39.1 Å². The number of aromatic amines is 1. The highest BCUT2D eigenvalue weighted by molar-refractivity contribution is 6.04. The monoisotopic (exact) mass is 545 g/mol. The summed E-state index contributed by atoms with van der Waals surface area (Å²) < 4.78 is 39.4. The first-order chi connectivity index (χ1) is 19.4. The van der Waals surface area contributed by atoms with Crippen LogP contribution in [0.15, 0.2) is 66.7 Å². The van der Waals surface area contributed by atoms with Crippen molar-refractivity contribution in [1.29, 1.82) is 0 Å². The molecule has 206 valence electrons. The minimum Gasteiger partial charge on any atom is -0.493 e. The molecule has 3 aromatic carbocycles. The molecular formula is C31H29F2N3O4. The molecule has 0 aliphatic heterocycles. The van der Waals surface area contributed by atoms with Gasteiger partial charge in [0.15, 0.2) is 0 Å². The Morgan fingerprint density at radius 1 is 1.07 bits per heavy atom. The lowest BCUT2D eigenvalue weighted by atomic mass is 9.98. The van der Waals surface area contributed by atoms with Gasteiger partial charge in [0.2, 0.25) is 0 Å². The maximum atomic E-state index is 13.3. The molecular weight excluding hydrogens is 516 g/mol. The van der Waals surface area contributed by atoms with Gasteiger partial charge in [-0.3, -0.25) is 4.68 Å². The predicted octanol–water partition coefficient (Wildman–Crippen LogP) is 6.64. The topological polar surface area (TPSA) is 89.4 Å². The van der Waals surface area contributed by atoms with Crippen molar-refractivity contribution in [3.05, 3.63) is 89.4 Å². The number of aromatic nitrogens is 3. The molecule has 0 fully saturated rings. The van der Waals surface area contributed by atoms with E-state index < -0.39 is 18.7 Å². The number of aliphatic hydroxyl groups is 1. The molecule has 0 amide bonds. The summed E-state index contributed by atoms with van der Waals surface area (Å²) in [4.78, 5) is 16.2. The van der Waals surface area contributed by atoms with Crippen LogP contribution in [0, 0.1) is 0 Å². The van der Waals surface area contributed by atoms with Gasteiger partial charge in [-0.25, -0.2) is 4.79 Å². The van der Waals surface area contributed by atoms with Gasteiger partial charge in [0.25, 0.3) is 6.08 Å². The Balaban J connectivity index is 1.51. The second-order valence-corrected chi connectivity index (χ2v) is 9.28. The maximum absolute atomic E-state index is 13.3. The molecule has 0 bridgehead atoms. The summed E-state index contributed by atoms with van der Waals surface area (Å²) in [5, 5.41) is 17.1. The third kappa shape index (κ3) is 5.20. The average molecular weight is 546 g/mol. The second kappa shape index (κ2) is 11.7. The Morgan fingerprint density at radius 3 is 2.60 bits per heavy atom. The lowest BCUT2D eigenvalue weighted by Crippen LogP contribution is -2.09. The van der Waals surface area contributed by atoms with E-state index in [1.54, 1.807) is 26.1 Å². The molecule has 0 saturated carbocycles. The Labute approximate surface area is 229 Å². The average Bonchev–Trinajstić information content (AvgIpc) is 3.47. The molecule has 2 aromatic heterocycles. The summed E-state index contributed by atoms with van der Waals surface area (Å²) in [5.74, 6) is 0.289. The van der Waals surface area contributed by atoms with Crippen LogP contribution in [0.4, 0.5) is 8.78 Å². The summed E-state index contributed by atoms with van der Waals surface area (Å²) in [6.07, 6.45) is -0.105. The number of esters is 1. The van der Waals surface area contributed by atoms with Gasteiger partial charge in [-0.05, 0) is 36.8 Å². The Morgan fingerprint density at radius 2 is 1.82 bits per heavy atom. The molecule has 0 atom stereocenters. The van der Waals surface area contributed by atoms with E-state index in [0.717, 1.165) is 27.5 Å². The van der Waals surface area contributed by atoms with Crippen LogP contribution < -0.4 is 4.74 Å². The highest BCUT2D eigenvalue weighted by atomic mass is 19.3. The zero-order valence-electron chi connectivity index (χ0n) is 22.2. The van der Waals surface area contributed by atoms with Crippen molar-refractivity contribution in [2.75, 3.05) is 13.2 Å². The maximum Gasteiger partial charge on any atom is 0.355 e. The zero-order chi connectivity index (χ0) is 28.2. The van der Waals surface area contributed by atoms with Gasteiger partial charge < -0.3 is 19.6 Å². The predicted molar refractivity (Wildman–Crippen MR) is 150 cm³/mol. The van der Waals surface area contributed by atoms with Crippen LogP contribution in [-0.2, 0) is 24.8 Å². The minimum absolute atomic E-state index is 0.0244. The van der Waals surface area contributed by atoms with Crippen LogP contribution in [0.1, 0.15) is 40.8 Å². The summed E-state index contributed by atoms with van der Waals surface area (Å²) in [5.41, 5.74) is 2.94. The summed E-state index contributed by atoms with van der Waals surface area (Å²) in [6, 6.07) is 19.3. The van der Waals surface area contributed by atoms with Crippen molar-refractivity contribution >= 4 is 33.7 Å². The highest BCUT2D eigenvalue weighted by Crippen LogP contribution is 2.37. The first-order valence-corrected chi connectivity index (χ1v) is 13.0. The van der Waals surface area contributed by atoms with E-state index in [4.69, 9.17) is 9.47 Å².